The number of esters is 1. The van der Waals surface area contributed by atoms with Gasteiger partial charge >= 0.3 is 5.97 Å². The molecule has 0 spiro atoms. The van der Waals surface area contributed by atoms with Gasteiger partial charge < -0.3 is 23.7 Å². The average molecular weight is 420 g/mol. The third kappa shape index (κ3) is 9.79. The van der Waals surface area contributed by atoms with Gasteiger partial charge in [-0.3, -0.25) is 4.79 Å². The monoisotopic (exact) mass is 420 g/mol. The van der Waals surface area contributed by atoms with E-state index in [1.54, 1.807) is 31.2 Å². The molecule has 0 fully saturated rings. The molecule has 164 valence electrons. The normalized spacial score (nSPS) is 10.9. The number of carbonyl (C=O) groups excluding carboxylic acids is 1. The minimum absolute atomic E-state index is 0.150. The highest BCUT2D eigenvalue weighted by Crippen LogP contribution is 2.18. The van der Waals surface area contributed by atoms with Crippen molar-refractivity contribution in [2.45, 2.75) is 20.3 Å². The van der Waals surface area contributed by atoms with E-state index in [2.05, 4.69) is 20.4 Å². The molecule has 0 amide bonds. The van der Waals surface area contributed by atoms with Crippen LogP contribution < -0.4 is 4.74 Å². The van der Waals surface area contributed by atoms with Crippen molar-refractivity contribution in [2.75, 3.05) is 52.9 Å². The second kappa shape index (κ2) is 14.5. The van der Waals surface area contributed by atoms with Crippen LogP contribution in [0.3, 0.4) is 0 Å². The van der Waals surface area contributed by atoms with Crippen molar-refractivity contribution in [3.63, 3.8) is 0 Å². The van der Waals surface area contributed by atoms with Crippen molar-refractivity contribution in [1.82, 2.24) is 20.4 Å². The summed E-state index contributed by atoms with van der Waals surface area (Å²) in [6, 6.07) is 6.82. The second-order valence-electron chi connectivity index (χ2n) is 6.05. The first-order valence-electron chi connectivity index (χ1n) is 9.85. The van der Waals surface area contributed by atoms with Gasteiger partial charge in [-0.2, -0.15) is 0 Å². The number of benzene rings is 1. The zero-order chi connectivity index (χ0) is 21.4. The number of aryl methyl sites for hydroxylation is 1. The summed E-state index contributed by atoms with van der Waals surface area (Å²) in [7, 11) is 0. The molecule has 2 aromatic rings. The van der Waals surface area contributed by atoms with Crippen LogP contribution >= 0.6 is 0 Å². The largest absolute Gasteiger partial charge is 0.426 e. The number of hydrogen-bond donors (Lipinski definition) is 0. The number of carbonyl (C=O) groups is 1. The van der Waals surface area contributed by atoms with Crippen LogP contribution in [0.15, 0.2) is 24.3 Å². The average Bonchev–Trinajstić information content (AvgIpc) is 2.76. The van der Waals surface area contributed by atoms with Crippen LogP contribution in [0, 0.1) is 6.92 Å². The molecule has 30 heavy (non-hydrogen) atoms. The molecular formula is C20H28N4O6. The van der Waals surface area contributed by atoms with E-state index in [1.165, 1.54) is 0 Å². The molecular weight excluding hydrogens is 392 g/mol. The highest BCUT2D eigenvalue weighted by atomic mass is 16.6. The van der Waals surface area contributed by atoms with Crippen LogP contribution in [-0.2, 0) is 23.7 Å². The molecule has 0 saturated heterocycles. The van der Waals surface area contributed by atoms with Crippen LogP contribution in [-0.4, -0.2) is 79.2 Å². The van der Waals surface area contributed by atoms with Crippen LogP contribution in [0.4, 0.5) is 0 Å². The lowest BCUT2D eigenvalue weighted by molar-refractivity contribution is -0.135. The molecule has 0 aliphatic heterocycles. The third-order valence-electron chi connectivity index (χ3n) is 3.69. The third-order valence-corrected chi connectivity index (χ3v) is 3.69. The van der Waals surface area contributed by atoms with Gasteiger partial charge in [0.2, 0.25) is 5.82 Å². The van der Waals surface area contributed by atoms with Crippen molar-refractivity contribution < 1.29 is 28.5 Å². The lowest BCUT2D eigenvalue weighted by Gasteiger charge is -2.07. The number of rotatable bonds is 15. The van der Waals surface area contributed by atoms with E-state index in [4.69, 9.17) is 23.7 Å². The van der Waals surface area contributed by atoms with Crippen LogP contribution in [0.1, 0.15) is 19.2 Å². The molecule has 0 N–H and O–H groups in total. The maximum absolute atomic E-state index is 11.9. The minimum atomic E-state index is -0.374. The number of ether oxygens (including phenoxy) is 5. The molecule has 0 saturated carbocycles. The first-order chi connectivity index (χ1) is 14.7. The molecule has 1 heterocycles. The van der Waals surface area contributed by atoms with Crippen LogP contribution in [0.5, 0.6) is 5.75 Å². The van der Waals surface area contributed by atoms with Crippen molar-refractivity contribution in [1.29, 1.82) is 0 Å². The van der Waals surface area contributed by atoms with E-state index in [0.29, 0.717) is 63.6 Å². The number of hydrogen-bond acceptors (Lipinski definition) is 10. The van der Waals surface area contributed by atoms with Gasteiger partial charge in [0.1, 0.15) is 5.75 Å². The quantitative estimate of drug-likeness (QED) is 0.239. The Bertz CT molecular complexity index is 727. The smallest absolute Gasteiger partial charge is 0.313 e. The zero-order valence-corrected chi connectivity index (χ0v) is 17.4. The van der Waals surface area contributed by atoms with E-state index in [9.17, 15) is 4.79 Å². The molecule has 10 nitrogen and oxygen atoms in total. The molecule has 1 aromatic heterocycles. The maximum Gasteiger partial charge on any atom is 0.313 e. The van der Waals surface area contributed by atoms with Gasteiger partial charge in [0.15, 0.2) is 5.82 Å². The molecule has 1 aromatic carbocycles. The van der Waals surface area contributed by atoms with E-state index >= 15 is 0 Å². The summed E-state index contributed by atoms with van der Waals surface area (Å²) in [5.74, 6) is 0.970. The second-order valence-corrected chi connectivity index (χ2v) is 6.05. The molecule has 10 heteroatoms. The summed E-state index contributed by atoms with van der Waals surface area (Å²) in [4.78, 5) is 11.9. The fraction of sp³-hybridized carbons (Fsp3) is 0.550. The topological polar surface area (TPSA) is 115 Å². The highest BCUT2D eigenvalue weighted by molar-refractivity contribution is 5.72. The lowest BCUT2D eigenvalue weighted by atomic mass is 10.2. The Kier molecular flexibility index (Phi) is 11.4. The highest BCUT2D eigenvalue weighted by Gasteiger charge is 2.07. The van der Waals surface area contributed by atoms with Crippen LogP contribution in [0.25, 0.3) is 11.4 Å². The predicted octanol–water partition coefficient (Wildman–Crippen LogP) is 1.62. The van der Waals surface area contributed by atoms with Crippen molar-refractivity contribution in [3.8, 4) is 17.1 Å². The molecule has 2 rings (SSSR count). The van der Waals surface area contributed by atoms with Crippen molar-refractivity contribution in [2.24, 2.45) is 0 Å². The van der Waals surface area contributed by atoms with Gasteiger partial charge in [-0.1, -0.05) is 0 Å². The molecule has 0 aliphatic rings. The SMILES string of the molecule is CCOCCOCCOCCOCCC(=O)Oc1ccc(-c2nnc(C)nn2)cc1. The Morgan fingerprint density at radius 1 is 0.767 bits per heavy atom. The summed E-state index contributed by atoms with van der Waals surface area (Å²) in [5, 5.41) is 15.7. The molecule has 0 bridgehead atoms. The Hall–Kier alpha value is -2.53. The van der Waals surface area contributed by atoms with Gasteiger partial charge in [0.25, 0.3) is 0 Å². The molecule has 0 radical (unpaired) electrons. The summed E-state index contributed by atoms with van der Waals surface area (Å²) in [5.41, 5.74) is 0.734. The summed E-state index contributed by atoms with van der Waals surface area (Å²) >= 11 is 0. The van der Waals surface area contributed by atoms with E-state index in [1.807, 2.05) is 6.92 Å². The zero-order valence-electron chi connectivity index (χ0n) is 17.4. The van der Waals surface area contributed by atoms with Crippen molar-refractivity contribution in [3.05, 3.63) is 30.1 Å². The van der Waals surface area contributed by atoms with Gasteiger partial charge in [0.05, 0.1) is 52.7 Å². The van der Waals surface area contributed by atoms with Gasteiger partial charge in [-0.25, -0.2) is 0 Å². The standard InChI is InChI=1S/C20H28N4O6/c1-3-26-10-11-28-14-15-29-13-12-27-9-8-19(25)30-18-6-4-17(5-7-18)20-23-21-16(2)22-24-20/h4-7H,3,8-15H2,1-2H3. The summed E-state index contributed by atoms with van der Waals surface area (Å²) in [6.45, 7) is 7.62. The fourth-order valence-corrected chi connectivity index (χ4v) is 2.21. The Morgan fingerprint density at radius 3 is 1.87 bits per heavy atom. The number of nitrogens with zero attached hydrogens (tertiary/aromatic N) is 4. The van der Waals surface area contributed by atoms with Gasteiger partial charge in [-0.05, 0) is 38.1 Å². The van der Waals surface area contributed by atoms with E-state index < -0.39 is 0 Å². The lowest BCUT2D eigenvalue weighted by Crippen LogP contribution is -2.14. The van der Waals surface area contributed by atoms with Crippen LogP contribution in [0.2, 0.25) is 0 Å². The van der Waals surface area contributed by atoms with Gasteiger partial charge in [0, 0.05) is 12.2 Å². The Balaban J connectivity index is 1.51. The maximum atomic E-state index is 11.9. The predicted molar refractivity (Wildman–Crippen MR) is 107 cm³/mol. The Labute approximate surface area is 175 Å². The molecule has 0 aliphatic carbocycles. The first-order valence-corrected chi connectivity index (χ1v) is 9.85. The van der Waals surface area contributed by atoms with E-state index in [0.717, 1.165) is 5.56 Å². The summed E-state index contributed by atoms with van der Waals surface area (Å²) in [6.07, 6.45) is 0.150. The molecule has 0 unspecified atom stereocenters. The van der Waals surface area contributed by atoms with E-state index in [-0.39, 0.29) is 19.0 Å². The van der Waals surface area contributed by atoms with Gasteiger partial charge in [-0.15, -0.1) is 20.4 Å². The minimum Gasteiger partial charge on any atom is -0.426 e. The first kappa shape index (κ1) is 23.7. The fourth-order valence-electron chi connectivity index (χ4n) is 2.21. The van der Waals surface area contributed by atoms with Crippen molar-refractivity contribution >= 4 is 5.97 Å². The summed E-state index contributed by atoms with van der Waals surface area (Å²) < 4.78 is 26.5. The molecule has 0 atom stereocenters. The number of aromatic nitrogens is 4. The Morgan fingerprint density at radius 2 is 1.30 bits per heavy atom.